The molecule has 0 bridgehead atoms. The number of nitrogens with zero attached hydrogens (tertiary/aromatic N) is 1. The van der Waals surface area contributed by atoms with Crippen LogP contribution in [0, 0.1) is 0 Å². The Labute approximate surface area is 122 Å². The summed E-state index contributed by atoms with van der Waals surface area (Å²) < 4.78 is 38.3. The first-order valence-electron chi connectivity index (χ1n) is 6.57. The van der Waals surface area contributed by atoms with Crippen molar-refractivity contribution in [2.45, 2.75) is 39.5 Å². The van der Waals surface area contributed by atoms with Crippen molar-refractivity contribution in [3.8, 4) is 0 Å². The van der Waals surface area contributed by atoms with Gasteiger partial charge < -0.3 is 10.2 Å². The molecule has 0 aliphatic carbocycles. The van der Waals surface area contributed by atoms with Crippen molar-refractivity contribution in [2.24, 2.45) is 0 Å². The van der Waals surface area contributed by atoms with Crippen molar-refractivity contribution in [1.29, 1.82) is 0 Å². The van der Waals surface area contributed by atoms with Crippen molar-refractivity contribution in [3.63, 3.8) is 0 Å². The molecule has 1 aromatic rings. The van der Waals surface area contributed by atoms with Gasteiger partial charge in [0.2, 0.25) is 0 Å². The van der Waals surface area contributed by atoms with Crippen molar-refractivity contribution in [2.75, 3.05) is 18.0 Å². The van der Waals surface area contributed by atoms with Crippen LogP contribution in [-0.2, 0) is 6.54 Å². The van der Waals surface area contributed by atoms with Crippen LogP contribution >= 0.6 is 11.6 Å². The van der Waals surface area contributed by atoms with E-state index in [1.807, 2.05) is 6.92 Å². The molecule has 1 N–H and O–H groups in total. The predicted molar refractivity (Wildman–Crippen MR) is 77.4 cm³/mol. The Morgan fingerprint density at radius 1 is 1.30 bits per heavy atom. The topological polar surface area (TPSA) is 15.3 Å². The van der Waals surface area contributed by atoms with Crippen LogP contribution in [0.5, 0.6) is 0 Å². The standard InChI is InChI=1S/C14H20ClF3N2/c1-4-19-8-11-6-5-7-12(15)13(11)20(10(2)3)9-14(16,17)18/h5-7,10,19H,4,8-9H2,1-3H3. The molecular weight excluding hydrogens is 289 g/mol. The van der Waals surface area contributed by atoms with Crippen molar-refractivity contribution in [3.05, 3.63) is 28.8 Å². The minimum Gasteiger partial charge on any atom is -0.359 e. The van der Waals surface area contributed by atoms with E-state index in [2.05, 4.69) is 5.32 Å². The molecule has 20 heavy (non-hydrogen) atoms. The van der Waals surface area contributed by atoms with Gasteiger partial charge in [-0.1, -0.05) is 30.7 Å². The molecule has 0 saturated carbocycles. The number of rotatable bonds is 6. The van der Waals surface area contributed by atoms with Gasteiger partial charge in [-0.15, -0.1) is 0 Å². The van der Waals surface area contributed by atoms with Gasteiger partial charge in [0.05, 0.1) is 10.7 Å². The van der Waals surface area contributed by atoms with E-state index in [1.54, 1.807) is 32.0 Å². The van der Waals surface area contributed by atoms with Gasteiger partial charge in [0.1, 0.15) is 6.54 Å². The highest BCUT2D eigenvalue weighted by Gasteiger charge is 2.33. The maximum atomic E-state index is 12.8. The lowest BCUT2D eigenvalue weighted by atomic mass is 10.1. The number of nitrogens with one attached hydrogen (secondary N) is 1. The number of anilines is 1. The van der Waals surface area contributed by atoms with E-state index in [1.165, 1.54) is 4.90 Å². The monoisotopic (exact) mass is 308 g/mol. The molecule has 0 spiro atoms. The van der Waals surface area contributed by atoms with Crippen LogP contribution in [-0.4, -0.2) is 25.3 Å². The Hall–Kier alpha value is -0.940. The SMILES string of the molecule is CCNCc1cccc(Cl)c1N(CC(F)(F)F)C(C)C. The van der Waals surface area contributed by atoms with E-state index in [0.717, 1.165) is 12.1 Å². The van der Waals surface area contributed by atoms with Crippen LogP contribution in [0.25, 0.3) is 0 Å². The third-order valence-corrected chi connectivity index (χ3v) is 3.20. The predicted octanol–water partition coefficient (Wildman–Crippen LogP) is 4.23. The first-order chi connectivity index (χ1) is 9.26. The quantitative estimate of drug-likeness (QED) is 0.846. The van der Waals surface area contributed by atoms with Crippen LogP contribution in [0.15, 0.2) is 18.2 Å². The van der Waals surface area contributed by atoms with E-state index in [4.69, 9.17) is 11.6 Å². The molecule has 1 rings (SSSR count). The zero-order chi connectivity index (χ0) is 15.3. The van der Waals surface area contributed by atoms with Gasteiger partial charge in [-0.05, 0) is 32.0 Å². The van der Waals surface area contributed by atoms with Gasteiger partial charge in [-0.25, -0.2) is 0 Å². The van der Waals surface area contributed by atoms with Crippen LogP contribution in [0.1, 0.15) is 26.3 Å². The molecule has 0 atom stereocenters. The Kier molecular flexibility index (Phi) is 6.14. The van der Waals surface area contributed by atoms with Gasteiger partial charge >= 0.3 is 6.18 Å². The van der Waals surface area contributed by atoms with E-state index < -0.39 is 12.7 Å². The summed E-state index contributed by atoms with van der Waals surface area (Å²) in [5.74, 6) is 0. The fraction of sp³-hybridized carbons (Fsp3) is 0.571. The summed E-state index contributed by atoms with van der Waals surface area (Å²) in [6.07, 6.45) is -4.26. The normalized spacial score (nSPS) is 12.0. The smallest absolute Gasteiger partial charge is 0.359 e. The largest absolute Gasteiger partial charge is 0.405 e. The van der Waals surface area contributed by atoms with Crippen LogP contribution in [0.4, 0.5) is 18.9 Å². The third-order valence-electron chi connectivity index (χ3n) is 2.90. The Morgan fingerprint density at radius 3 is 2.45 bits per heavy atom. The average molecular weight is 309 g/mol. The summed E-state index contributed by atoms with van der Waals surface area (Å²) in [6, 6.07) is 4.88. The minimum atomic E-state index is -4.26. The van der Waals surface area contributed by atoms with Crippen molar-refractivity contribution < 1.29 is 13.2 Å². The summed E-state index contributed by atoms with van der Waals surface area (Å²) in [5.41, 5.74) is 1.24. The number of benzene rings is 1. The lowest BCUT2D eigenvalue weighted by Crippen LogP contribution is -2.40. The Balaban J connectivity index is 3.17. The molecule has 114 valence electrons. The highest BCUT2D eigenvalue weighted by molar-refractivity contribution is 6.33. The number of hydrogen-bond acceptors (Lipinski definition) is 2. The number of alkyl halides is 3. The molecule has 0 heterocycles. The van der Waals surface area contributed by atoms with E-state index in [0.29, 0.717) is 17.3 Å². The van der Waals surface area contributed by atoms with Crippen LogP contribution < -0.4 is 10.2 Å². The summed E-state index contributed by atoms with van der Waals surface area (Å²) in [5, 5.41) is 3.47. The second kappa shape index (κ2) is 7.18. The summed E-state index contributed by atoms with van der Waals surface area (Å²) >= 11 is 6.14. The molecule has 0 radical (unpaired) electrons. The number of para-hydroxylation sites is 1. The molecule has 2 nitrogen and oxygen atoms in total. The Bertz CT molecular complexity index is 433. The molecule has 6 heteroatoms. The summed E-state index contributed by atoms with van der Waals surface area (Å²) in [7, 11) is 0. The molecule has 0 saturated heterocycles. The lowest BCUT2D eigenvalue weighted by Gasteiger charge is -2.32. The van der Waals surface area contributed by atoms with Gasteiger partial charge in [0.15, 0.2) is 0 Å². The molecular formula is C14H20ClF3N2. The van der Waals surface area contributed by atoms with Crippen LogP contribution in [0.2, 0.25) is 5.02 Å². The zero-order valence-corrected chi connectivity index (χ0v) is 12.6. The molecule has 0 aliphatic rings. The highest BCUT2D eigenvalue weighted by atomic mass is 35.5. The Morgan fingerprint density at radius 2 is 1.95 bits per heavy atom. The second-order valence-electron chi connectivity index (χ2n) is 4.86. The van der Waals surface area contributed by atoms with Gasteiger partial charge in [-0.2, -0.15) is 13.2 Å². The summed E-state index contributed by atoms with van der Waals surface area (Å²) in [6.45, 7) is 5.63. The van der Waals surface area contributed by atoms with Gasteiger partial charge in [0.25, 0.3) is 0 Å². The molecule has 0 amide bonds. The fourth-order valence-corrected chi connectivity index (χ4v) is 2.30. The van der Waals surface area contributed by atoms with Crippen molar-refractivity contribution in [1.82, 2.24) is 5.32 Å². The third kappa shape index (κ3) is 4.87. The molecule has 0 fully saturated rings. The lowest BCUT2D eigenvalue weighted by molar-refractivity contribution is -0.120. The van der Waals surface area contributed by atoms with Crippen molar-refractivity contribution >= 4 is 17.3 Å². The maximum absolute atomic E-state index is 12.8. The molecule has 0 aromatic heterocycles. The van der Waals surface area contributed by atoms with E-state index >= 15 is 0 Å². The molecule has 0 unspecified atom stereocenters. The minimum absolute atomic E-state index is 0.295. The first-order valence-corrected chi connectivity index (χ1v) is 6.95. The van der Waals surface area contributed by atoms with Gasteiger partial charge in [-0.3, -0.25) is 0 Å². The van der Waals surface area contributed by atoms with E-state index in [-0.39, 0.29) is 6.04 Å². The summed E-state index contributed by atoms with van der Waals surface area (Å²) in [4.78, 5) is 1.30. The van der Waals surface area contributed by atoms with Gasteiger partial charge in [0, 0.05) is 12.6 Å². The average Bonchev–Trinajstić information content (AvgIpc) is 2.32. The number of hydrogen-bond donors (Lipinski definition) is 1. The fourth-order valence-electron chi connectivity index (χ4n) is 2.00. The maximum Gasteiger partial charge on any atom is 0.405 e. The van der Waals surface area contributed by atoms with Crippen LogP contribution in [0.3, 0.4) is 0 Å². The molecule has 1 aromatic carbocycles. The highest BCUT2D eigenvalue weighted by Crippen LogP contribution is 2.33. The zero-order valence-electron chi connectivity index (χ0n) is 11.9. The molecule has 0 aliphatic heterocycles. The number of halogens is 4. The second-order valence-corrected chi connectivity index (χ2v) is 5.27. The van der Waals surface area contributed by atoms with E-state index in [9.17, 15) is 13.2 Å². The first kappa shape index (κ1) is 17.1.